The van der Waals surface area contributed by atoms with Crippen LogP contribution in [-0.2, 0) is 6.54 Å². The molecular formula is C28H40N6O. The molecule has 7 heteroatoms. The molecule has 3 N–H and O–H groups in total. The van der Waals surface area contributed by atoms with E-state index in [1.165, 1.54) is 51.4 Å². The number of hydrogen-bond donors (Lipinski definition) is 3. The van der Waals surface area contributed by atoms with Gasteiger partial charge in [-0.25, -0.2) is 0 Å². The highest BCUT2D eigenvalue weighted by Gasteiger charge is 2.45. The Balaban J connectivity index is 1.27. The van der Waals surface area contributed by atoms with Crippen LogP contribution < -0.4 is 16.0 Å². The molecule has 2 bridgehead atoms. The van der Waals surface area contributed by atoms with Gasteiger partial charge in [-0.2, -0.15) is 15.0 Å². The van der Waals surface area contributed by atoms with Crippen LogP contribution in [0.25, 0.3) is 0 Å². The van der Waals surface area contributed by atoms with Gasteiger partial charge in [0.1, 0.15) is 0 Å². The predicted octanol–water partition coefficient (Wildman–Crippen LogP) is 5.92. The molecule has 7 nitrogen and oxygen atoms in total. The molecule has 3 saturated carbocycles. The average Bonchev–Trinajstić information content (AvgIpc) is 3.40. The van der Waals surface area contributed by atoms with Gasteiger partial charge in [0.15, 0.2) is 5.78 Å². The Hall–Kier alpha value is -2.70. The number of carbonyl (C=O) groups is 1. The van der Waals surface area contributed by atoms with Gasteiger partial charge >= 0.3 is 0 Å². The smallest absolute Gasteiger partial charge is 0.229 e. The Kier molecular flexibility index (Phi) is 7.49. The van der Waals surface area contributed by atoms with Crippen LogP contribution in [-0.4, -0.2) is 33.3 Å². The van der Waals surface area contributed by atoms with Gasteiger partial charge in [-0.1, -0.05) is 57.4 Å². The Bertz CT molecular complexity index is 1000. The molecule has 1 aromatic carbocycles. The quantitative estimate of drug-likeness (QED) is 0.367. The number of anilines is 3. The van der Waals surface area contributed by atoms with E-state index >= 15 is 0 Å². The second-order valence-corrected chi connectivity index (χ2v) is 10.9. The van der Waals surface area contributed by atoms with E-state index in [4.69, 9.17) is 15.0 Å². The van der Waals surface area contributed by atoms with Crippen molar-refractivity contribution in [3.8, 4) is 0 Å². The number of Topliss-reactive ketones (excluding diaryl/α,β-unsaturated/α-hetero) is 1. The molecule has 3 fully saturated rings. The standard InChI is InChI=1S/C28H40N6O/c1-3-25(35)21-11-9-20(10-12-21)17-30-27-32-26(29-16-19-7-5-4-6-8-19)33-28(34-27)31-24-15-22-13-14-23(24)18(22)2/h9-12,18-19,22-24H,3-8,13-17H2,1-2H3,(H3,29,30,31,32,33,34). The topological polar surface area (TPSA) is 91.8 Å². The summed E-state index contributed by atoms with van der Waals surface area (Å²) in [5.74, 6) is 5.11. The zero-order valence-corrected chi connectivity index (χ0v) is 21.2. The van der Waals surface area contributed by atoms with Crippen molar-refractivity contribution in [3.63, 3.8) is 0 Å². The monoisotopic (exact) mass is 476 g/mol. The summed E-state index contributed by atoms with van der Waals surface area (Å²) in [4.78, 5) is 26.1. The average molecular weight is 477 g/mol. The van der Waals surface area contributed by atoms with Crippen molar-refractivity contribution >= 4 is 23.6 Å². The van der Waals surface area contributed by atoms with E-state index in [2.05, 4.69) is 22.9 Å². The van der Waals surface area contributed by atoms with E-state index in [0.29, 0.717) is 42.8 Å². The largest absolute Gasteiger partial charge is 0.354 e. The SMILES string of the molecule is CCC(=O)c1ccc(CNc2nc(NCC3CCCCC3)nc(NC3CC4CCC3C4C)n2)cc1. The molecule has 0 radical (unpaired) electrons. The van der Waals surface area contributed by atoms with Gasteiger partial charge in [0.25, 0.3) is 0 Å². The lowest BCUT2D eigenvalue weighted by Gasteiger charge is -2.24. The number of aromatic nitrogens is 3. The van der Waals surface area contributed by atoms with E-state index in [-0.39, 0.29) is 5.78 Å². The van der Waals surface area contributed by atoms with Crippen molar-refractivity contribution in [1.29, 1.82) is 0 Å². The van der Waals surface area contributed by atoms with E-state index in [1.54, 1.807) is 0 Å². The fourth-order valence-electron chi connectivity index (χ4n) is 6.43. The summed E-state index contributed by atoms with van der Waals surface area (Å²) in [6.45, 7) is 5.81. The predicted molar refractivity (Wildman–Crippen MR) is 141 cm³/mol. The van der Waals surface area contributed by atoms with Gasteiger partial charge in [-0.3, -0.25) is 4.79 Å². The molecule has 0 spiro atoms. The van der Waals surface area contributed by atoms with Gasteiger partial charge in [0.05, 0.1) is 0 Å². The van der Waals surface area contributed by atoms with Gasteiger partial charge in [0, 0.05) is 31.1 Å². The minimum atomic E-state index is 0.168. The minimum absolute atomic E-state index is 0.168. The maximum atomic E-state index is 11.9. The summed E-state index contributed by atoms with van der Waals surface area (Å²) in [7, 11) is 0. The Labute approximate surface area is 209 Å². The second kappa shape index (κ2) is 10.9. The van der Waals surface area contributed by atoms with Gasteiger partial charge < -0.3 is 16.0 Å². The first-order valence-electron chi connectivity index (χ1n) is 13.7. The number of nitrogens with zero attached hydrogens (tertiary/aromatic N) is 3. The lowest BCUT2D eigenvalue weighted by molar-refractivity contribution is 0.0988. The highest BCUT2D eigenvalue weighted by molar-refractivity contribution is 5.95. The van der Waals surface area contributed by atoms with Crippen molar-refractivity contribution in [3.05, 3.63) is 35.4 Å². The summed E-state index contributed by atoms with van der Waals surface area (Å²) in [6.07, 6.45) is 11.0. The fourth-order valence-corrected chi connectivity index (χ4v) is 6.43. The molecule has 3 aliphatic carbocycles. The zero-order valence-electron chi connectivity index (χ0n) is 21.2. The fraction of sp³-hybridized carbons (Fsp3) is 0.643. The minimum Gasteiger partial charge on any atom is -0.354 e. The number of ketones is 1. The molecule has 35 heavy (non-hydrogen) atoms. The van der Waals surface area contributed by atoms with Crippen LogP contribution in [0.5, 0.6) is 0 Å². The number of fused-ring (bicyclic) bond motifs is 2. The highest BCUT2D eigenvalue weighted by Crippen LogP contribution is 2.49. The summed E-state index contributed by atoms with van der Waals surface area (Å²) >= 11 is 0. The van der Waals surface area contributed by atoms with Gasteiger partial charge in [0.2, 0.25) is 17.8 Å². The molecular weight excluding hydrogens is 436 g/mol. The van der Waals surface area contributed by atoms with Crippen molar-refractivity contribution in [2.45, 2.75) is 84.2 Å². The van der Waals surface area contributed by atoms with E-state index in [0.717, 1.165) is 35.4 Å². The molecule has 0 saturated heterocycles. The maximum absolute atomic E-state index is 11.9. The van der Waals surface area contributed by atoms with Crippen molar-refractivity contribution in [2.75, 3.05) is 22.5 Å². The molecule has 4 unspecified atom stereocenters. The maximum Gasteiger partial charge on any atom is 0.229 e. The molecule has 2 aromatic rings. The van der Waals surface area contributed by atoms with Gasteiger partial charge in [-0.15, -0.1) is 0 Å². The number of carbonyl (C=O) groups excluding carboxylic acids is 1. The van der Waals surface area contributed by atoms with Crippen molar-refractivity contribution in [2.24, 2.45) is 23.7 Å². The van der Waals surface area contributed by atoms with Gasteiger partial charge in [-0.05, 0) is 61.3 Å². The number of rotatable bonds is 10. The third kappa shape index (κ3) is 5.76. The van der Waals surface area contributed by atoms with Crippen molar-refractivity contribution < 1.29 is 4.79 Å². The van der Waals surface area contributed by atoms with Crippen LogP contribution in [0.4, 0.5) is 17.8 Å². The lowest BCUT2D eigenvalue weighted by Crippen LogP contribution is -2.28. The molecule has 1 heterocycles. The van der Waals surface area contributed by atoms with Crippen LogP contribution >= 0.6 is 0 Å². The first-order valence-corrected chi connectivity index (χ1v) is 13.7. The van der Waals surface area contributed by atoms with Crippen LogP contribution in [0.3, 0.4) is 0 Å². The number of nitrogens with one attached hydrogen (secondary N) is 3. The Morgan fingerprint density at radius 3 is 2.29 bits per heavy atom. The summed E-state index contributed by atoms with van der Waals surface area (Å²) in [5, 5.41) is 10.6. The molecule has 0 amide bonds. The molecule has 0 aliphatic heterocycles. The summed E-state index contributed by atoms with van der Waals surface area (Å²) < 4.78 is 0. The Morgan fingerprint density at radius 2 is 1.63 bits per heavy atom. The first-order chi connectivity index (χ1) is 17.1. The lowest BCUT2D eigenvalue weighted by atomic mass is 9.89. The second-order valence-electron chi connectivity index (χ2n) is 10.9. The Morgan fingerprint density at radius 1 is 0.914 bits per heavy atom. The third-order valence-corrected chi connectivity index (χ3v) is 8.63. The van der Waals surface area contributed by atoms with E-state index < -0.39 is 0 Å². The molecule has 4 atom stereocenters. The van der Waals surface area contributed by atoms with Crippen molar-refractivity contribution in [1.82, 2.24) is 15.0 Å². The zero-order chi connectivity index (χ0) is 24.2. The van der Waals surface area contributed by atoms with Crippen LogP contribution in [0.2, 0.25) is 0 Å². The molecule has 3 aliphatic rings. The van der Waals surface area contributed by atoms with Crippen LogP contribution in [0.15, 0.2) is 24.3 Å². The van der Waals surface area contributed by atoms with Crippen LogP contribution in [0.1, 0.15) is 87.6 Å². The molecule has 1 aromatic heterocycles. The van der Waals surface area contributed by atoms with E-state index in [9.17, 15) is 4.79 Å². The van der Waals surface area contributed by atoms with E-state index in [1.807, 2.05) is 31.2 Å². The highest BCUT2D eigenvalue weighted by atomic mass is 16.1. The summed E-state index contributed by atoms with van der Waals surface area (Å²) in [6, 6.07) is 8.24. The van der Waals surface area contributed by atoms with Crippen LogP contribution in [0, 0.1) is 23.7 Å². The first kappa shape index (κ1) is 24.0. The third-order valence-electron chi connectivity index (χ3n) is 8.63. The summed E-state index contributed by atoms with van der Waals surface area (Å²) in [5.41, 5.74) is 1.85. The number of benzene rings is 1. The normalized spacial score (nSPS) is 26.0. The molecule has 188 valence electrons. The molecule has 5 rings (SSSR count). The number of hydrogen-bond acceptors (Lipinski definition) is 7.